The number of aliphatic hydroxyl groups excluding tert-OH is 1. The van der Waals surface area contributed by atoms with Gasteiger partial charge in [0.15, 0.2) is 5.78 Å². The van der Waals surface area contributed by atoms with Gasteiger partial charge in [-0.2, -0.15) is 0 Å². The predicted octanol–water partition coefficient (Wildman–Crippen LogP) is 4.33. The van der Waals surface area contributed by atoms with Crippen LogP contribution in [0.3, 0.4) is 0 Å². The van der Waals surface area contributed by atoms with Crippen molar-refractivity contribution in [1.82, 2.24) is 4.57 Å². The van der Waals surface area contributed by atoms with Crippen LogP contribution in [0.2, 0.25) is 0 Å². The van der Waals surface area contributed by atoms with Crippen LogP contribution in [0, 0.1) is 0 Å². The van der Waals surface area contributed by atoms with Crippen molar-refractivity contribution in [2.75, 3.05) is 28.6 Å². The number of anilines is 3. The summed E-state index contributed by atoms with van der Waals surface area (Å²) in [5.41, 5.74) is 4.19. The summed E-state index contributed by atoms with van der Waals surface area (Å²) in [6.45, 7) is 1.40. The predicted molar refractivity (Wildman–Crippen MR) is 147 cm³/mol. The molecule has 1 atom stereocenters. The normalized spacial score (nSPS) is 14.8. The van der Waals surface area contributed by atoms with Gasteiger partial charge >= 0.3 is 0 Å². The Morgan fingerprint density at radius 1 is 0.763 bits per heavy atom. The highest BCUT2D eigenvalue weighted by Gasteiger charge is 2.20. The minimum atomic E-state index is -0.306. The molecule has 1 aliphatic rings. The first-order valence-electron chi connectivity index (χ1n) is 12.4. The van der Waals surface area contributed by atoms with Crippen molar-refractivity contribution in [3.63, 3.8) is 0 Å². The van der Waals surface area contributed by atoms with Gasteiger partial charge in [-0.05, 0) is 91.3 Å². The lowest BCUT2D eigenvalue weighted by Gasteiger charge is -2.18. The molecule has 8 heteroatoms. The first kappa shape index (κ1) is 25.0. The maximum absolute atomic E-state index is 12.9. The maximum atomic E-state index is 12.9. The molecule has 1 aromatic heterocycles. The summed E-state index contributed by atoms with van der Waals surface area (Å²) in [6, 6.07) is 24.3. The van der Waals surface area contributed by atoms with Gasteiger partial charge in [-0.3, -0.25) is 14.4 Å². The highest BCUT2D eigenvalue weighted by molar-refractivity contribution is 6.10. The molecule has 0 aliphatic carbocycles. The number of rotatable bonds is 7. The van der Waals surface area contributed by atoms with Gasteiger partial charge in [0.1, 0.15) is 5.69 Å². The molecule has 1 aliphatic heterocycles. The first-order valence-corrected chi connectivity index (χ1v) is 12.4. The van der Waals surface area contributed by atoms with Crippen molar-refractivity contribution < 1.29 is 19.5 Å². The molecule has 2 amide bonds. The Bertz CT molecular complexity index is 1460. The SMILES string of the molecule is Cn1cccc1C(=O)Nc1ccc(C(=O)c2ccc(NC(=O)c3ccc(N4CC[C@H](O)C4)cc3)cc2)cc1. The zero-order valence-electron chi connectivity index (χ0n) is 20.9. The standard InChI is InChI=1S/C30H28N4O4/c1-33-17-2-3-27(33)30(38)32-24-12-6-21(7-13-24)28(36)20-4-10-23(11-5-20)31-29(37)22-8-14-25(15-9-22)34-18-16-26(35)19-34/h2-15,17,26,35H,16,18-19H2,1H3,(H,31,37)(H,32,38)/t26-/m0/s1. The lowest BCUT2D eigenvalue weighted by Crippen LogP contribution is -2.21. The van der Waals surface area contributed by atoms with Crippen LogP contribution in [0.4, 0.5) is 17.1 Å². The number of carbonyl (C=O) groups excluding carboxylic acids is 3. The van der Waals surface area contributed by atoms with Crippen LogP contribution in [0.1, 0.15) is 43.2 Å². The third-order valence-electron chi connectivity index (χ3n) is 6.64. The largest absolute Gasteiger partial charge is 0.391 e. The van der Waals surface area contributed by atoms with Crippen molar-refractivity contribution in [3.05, 3.63) is 114 Å². The van der Waals surface area contributed by atoms with Gasteiger partial charge in [0, 0.05) is 60.1 Å². The third kappa shape index (κ3) is 5.50. The van der Waals surface area contributed by atoms with Gasteiger partial charge in [-0.15, -0.1) is 0 Å². The number of carbonyl (C=O) groups is 3. The second-order valence-corrected chi connectivity index (χ2v) is 9.33. The summed E-state index contributed by atoms with van der Waals surface area (Å²) in [4.78, 5) is 40.1. The molecule has 192 valence electrons. The van der Waals surface area contributed by atoms with Crippen molar-refractivity contribution in [3.8, 4) is 0 Å². The van der Waals surface area contributed by atoms with E-state index in [4.69, 9.17) is 0 Å². The molecular formula is C30H28N4O4. The Hall–Kier alpha value is -4.69. The first-order chi connectivity index (χ1) is 18.4. The average molecular weight is 509 g/mol. The molecule has 4 aromatic rings. The summed E-state index contributed by atoms with van der Waals surface area (Å²) in [7, 11) is 1.80. The Kier molecular flexibility index (Phi) is 7.06. The van der Waals surface area contributed by atoms with Crippen molar-refractivity contribution in [2.45, 2.75) is 12.5 Å². The minimum Gasteiger partial charge on any atom is -0.391 e. The van der Waals surface area contributed by atoms with Gasteiger partial charge in [-0.1, -0.05) is 0 Å². The number of aliphatic hydroxyl groups is 1. The zero-order valence-corrected chi connectivity index (χ0v) is 20.9. The fraction of sp³-hybridized carbons (Fsp3) is 0.167. The number of hydrogen-bond donors (Lipinski definition) is 3. The van der Waals surface area contributed by atoms with E-state index in [1.165, 1.54) is 0 Å². The van der Waals surface area contributed by atoms with E-state index >= 15 is 0 Å². The van der Waals surface area contributed by atoms with Crippen molar-refractivity contribution >= 4 is 34.7 Å². The van der Waals surface area contributed by atoms with E-state index in [1.807, 2.05) is 12.1 Å². The highest BCUT2D eigenvalue weighted by atomic mass is 16.3. The number of nitrogens with zero attached hydrogens (tertiary/aromatic N) is 2. The number of ketones is 1. The Balaban J connectivity index is 1.18. The van der Waals surface area contributed by atoms with E-state index in [9.17, 15) is 19.5 Å². The average Bonchev–Trinajstić information content (AvgIpc) is 3.57. The Morgan fingerprint density at radius 3 is 1.82 bits per heavy atom. The van der Waals surface area contributed by atoms with Gasteiger partial charge in [-0.25, -0.2) is 0 Å². The number of aryl methyl sites for hydroxylation is 1. The number of hydrogen-bond acceptors (Lipinski definition) is 5. The molecule has 8 nitrogen and oxygen atoms in total. The van der Waals surface area contributed by atoms with E-state index in [0.717, 1.165) is 18.7 Å². The molecule has 1 fully saturated rings. The highest BCUT2D eigenvalue weighted by Crippen LogP contribution is 2.22. The van der Waals surface area contributed by atoms with Crippen LogP contribution in [-0.2, 0) is 7.05 Å². The van der Waals surface area contributed by atoms with Crippen LogP contribution >= 0.6 is 0 Å². The quantitative estimate of drug-likeness (QED) is 0.323. The van der Waals surface area contributed by atoms with Crippen LogP contribution in [0.25, 0.3) is 0 Å². The topological polar surface area (TPSA) is 104 Å². The molecule has 38 heavy (non-hydrogen) atoms. The molecule has 3 aromatic carbocycles. The van der Waals surface area contributed by atoms with Gasteiger partial charge in [0.2, 0.25) is 0 Å². The monoisotopic (exact) mass is 508 g/mol. The van der Waals surface area contributed by atoms with Gasteiger partial charge in [0.05, 0.1) is 6.10 Å². The van der Waals surface area contributed by atoms with E-state index in [1.54, 1.807) is 90.6 Å². The number of aromatic nitrogens is 1. The second kappa shape index (κ2) is 10.7. The fourth-order valence-electron chi connectivity index (χ4n) is 4.47. The van der Waals surface area contributed by atoms with Crippen LogP contribution in [0.15, 0.2) is 91.1 Å². The van der Waals surface area contributed by atoms with Crippen LogP contribution < -0.4 is 15.5 Å². The fourth-order valence-corrected chi connectivity index (χ4v) is 4.47. The van der Waals surface area contributed by atoms with E-state index < -0.39 is 0 Å². The third-order valence-corrected chi connectivity index (χ3v) is 6.64. The lowest BCUT2D eigenvalue weighted by atomic mass is 10.0. The number of β-amino-alcohol motifs (C(OH)–C–C–N with tert-alkyl or cyclic N) is 1. The molecule has 0 bridgehead atoms. The smallest absolute Gasteiger partial charge is 0.272 e. The molecular weight excluding hydrogens is 480 g/mol. The van der Waals surface area contributed by atoms with E-state index in [0.29, 0.717) is 40.3 Å². The maximum Gasteiger partial charge on any atom is 0.272 e. The number of nitrogens with one attached hydrogen (secondary N) is 2. The molecule has 1 saturated heterocycles. The van der Waals surface area contributed by atoms with Crippen LogP contribution in [-0.4, -0.2) is 46.5 Å². The number of amides is 2. The summed E-state index contributed by atoms with van der Waals surface area (Å²) >= 11 is 0. The van der Waals surface area contributed by atoms with Crippen molar-refractivity contribution in [2.24, 2.45) is 7.05 Å². The molecule has 0 radical (unpaired) electrons. The summed E-state index contributed by atoms with van der Waals surface area (Å²) in [6.07, 6.45) is 2.24. The minimum absolute atomic E-state index is 0.161. The molecule has 3 N–H and O–H groups in total. The molecule has 0 saturated carbocycles. The Labute approximate surface area is 220 Å². The summed E-state index contributed by atoms with van der Waals surface area (Å²) < 4.78 is 1.73. The summed E-state index contributed by atoms with van der Waals surface area (Å²) in [5, 5.41) is 15.4. The second-order valence-electron chi connectivity index (χ2n) is 9.33. The van der Waals surface area contributed by atoms with Gasteiger partial charge < -0.3 is 25.2 Å². The molecule has 5 rings (SSSR count). The lowest BCUT2D eigenvalue weighted by molar-refractivity contribution is 0.101. The molecule has 0 unspecified atom stereocenters. The van der Waals surface area contributed by atoms with Crippen LogP contribution in [0.5, 0.6) is 0 Å². The van der Waals surface area contributed by atoms with E-state index in [-0.39, 0.29) is 23.7 Å². The summed E-state index contributed by atoms with van der Waals surface area (Å²) in [5.74, 6) is -0.632. The molecule has 2 heterocycles. The number of benzene rings is 3. The zero-order chi connectivity index (χ0) is 26.6. The van der Waals surface area contributed by atoms with Gasteiger partial charge in [0.25, 0.3) is 11.8 Å². The molecule has 0 spiro atoms. The Morgan fingerprint density at radius 2 is 1.32 bits per heavy atom. The van der Waals surface area contributed by atoms with E-state index in [2.05, 4.69) is 15.5 Å². The van der Waals surface area contributed by atoms with Crippen molar-refractivity contribution in [1.29, 1.82) is 0 Å².